The van der Waals surface area contributed by atoms with Crippen LogP contribution in [0.15, 0.2) is 89.1 Å². The lowest BCUT2D eigenvalue weighted by Crippen LogP contribution is -2.10. The Hall–Kier alpha value is -6.00. The monoisotopic (exact) mass is 618 g/mol. The summed E-state index contributed by atoms with van der Waals surface area (Å²) >= 11 is 0. The molecular weight excluding hydrogens is 602 g/mol. The van der Waals surface area contributed by atoms with E-state index in [1.165, 1.54) is 24.3 Å². The first-order chi connectivity index (χ1) is 22.0. The molecule has 0 radical (unpaired) electrons. The highest BCUT2D eigenvalue weighted by atomic mass is 19.4. The summed E-state index contributed by atoms with van der Waals surface area (Å²) in [6.07, 6.45) is -5.11. The molecule has 7 aromatic rings. The van der Waals surface area contributed by atoms with Crippen molar-refractivity contribution in [3.8, 4) is 22.3 Å². The van der Waals surface area contributed by atoms with Crippen molar-refractivity contribution >= 4 is 43.1 Å². The minimum absolute atomic E-state index is 0.168. The summed E-state index contributed by atoms with van der Waals surface area (Å²) in [4.78, 5) is 6.49. The molecule has 0 amide bonds. The Morgan fingerprint density at radius 3 is 1.54 bits per heavy atom. The molecule has 0 unspecified atom stereocenters. The largest absolute Gasteiger partial charge is 0.419 e. The molecule has 0 bridgehead atoms. The maximum absolute atomic E-state index is 14.3. The second-order valence-electron chi connectivity index (χ2n) is 10.9. The molecule has 0 heterocycles. The molecule has 0 aliphatic carbocycles. The van der Waals surface area contributed by atoms with Crippen molar-refractivity contribution in [1.82, 2.24) is 0 Å². The lowest BCUT2D eigenvalue weighted by Gasteiger charge is -2.11. The van der Waals surface area contributed by atoms with Crippen LogP contribution < -0.4 is 10.7 Å². The summed E-state index contributed by atoms with van der Waals surface area (Å²) < 4.78 is 82.8. The highest BCUT2D eigenvalue weighted by molar-refractivity contribution is 6.21. The van der Waals surface area contributed by atoms with Crippen molar-refractivity contribution in [2.45, 2.75) is 13.1 Å². The smallest absolute Gasteiger partial charge is 0.207 e. The van der Waals surface area contributed by atoms with E-state index in [9.17, 15) is 26.3 Å². The quantitative estimate of drug-likeness (QED) is 0.105. The van der Waals surface area contributed by atoms with Gasteiger partial charge in [-0.3, -0.25) is 0 Å². The minimum atomic E-state index is -5.11. The summed E-state index contributed by atoms with van der Waals surface area (Å²) in [5, 5.41) is 13.8. The standard InChI is InChI=1S/C36H16F6N4/c1-17-8-20(10-22(37)9-17)18-4-6-23-25-15-26-24-7-5-19(21-13-31(36(40,41)42)33(39)32(38)14-21)12-28(24)35(46-44-3)30(26)16-29(25)34(45-43-2)27(23)11-18/h4-16H,1H3/b45-34+,46-35-. The molecule has 0 N–H and O–H groups in total. The Morgan fingerprint density at radius 2 is 1.04 bits per heavy atom. The van der Waals surface area contributed by atoms with Crippen LogP contribution in [0.25, 0.3) is 75.3 Å². The third-order valence-electron chi connectivity index (χ3n) is 8.14. The van der Waals surface area contributed by atoms with Crippen molar-refractivity contribution in [2.24, 2.45) is 10.2 Å². The van der Waals surface area contributed by atoms with Crippen LogP contribution in [-0.2, 0) is 6.18 Å². The van der Waals surface area contributed by atoms with Crippen LogP contribution in [0.3, 0.4) is 0 Å². The first-order valence-corrected chi connectivity index (χ1v) is 13.7. The molecular formula is C36H16F6N4. The van der Waals surface area contributed by atoms with E-state index in [0.29, 0.717) is 55.4 Å². The van der Waals surface area contributed by atoms with Gasteiger partial charge in [0.25, 0.3) is 0 Å². The number of halogens is 6. The van der Waals surface area contributed by atoms with Gasteiger partial charge in [0.2, 0.25) is 0 Å². The molecule has 222 valence electrons. The Labute approximate surface area is 256 Å². The molecule has 46 heavy (non-hydrogen) atoms. The average Bonchev–Trinajstić information content (AvgIpc) is 3.47. The van der Waals surface area contributed by atoms with Gasteiger partial charge < -0.3 is 0 Å². The predicted molar refractivity (Wildman–Crippen MR) is 164 cm³/mol. The van der Waals surface area contributed by atoms with Crippen molar-refractivity contribution in [3.05, 3.63) is 141 Å². The number of alkyl halides is 3. The Kier molecular flexibility index (Phi) is 6.43. The number of aryl methyl sites for hydroxylation is 1. The highest BCUT2D eigenvalue weighted by Gasteiger charge is 2.36. The van der Waals surface area contributed by atoms with E-state index < -0.39 is 23.4 Å². The van der Waals surface area contributed by atoms with Gasteiger partial charge in [0, 0.05) is 21.5 Å². The van der Waals surface area contributed by atoms with Crippen LogP contribution in [0.5, 0.6) is 0 Å². The number of rotatable bonds is 2. The van der Waals surface area contributed by atoms with Gasteiger partial charge in [-0.25, -0.2) is 13.2 Å². The second kappa shape index (κ2) is 10.3. The molecule has 0 fully saturated rings. The molecule has 7 aromatic carbocycles. The van der Waals surface area contributed by atoms with Crippen molar-refractivity contribution in [1.29, 1.82) is 0 Å². The van der Waals surface area contributed by atoms with Gasteiger partial charge in [-0.1, -0.05) is 30.3 Å². The van der Waals surface area contributed by atoms with Crippen molar-refractivity contribution in [3.63, 3.8) is 0 Å². The van der Waals surface area contributed by atoms with Gasteiger partial charge in [-0.2, -0.15) is 26.3 Å². The Bertz CT molecular complexity index is 2630. The van der Waals surface area contributed by atoms with Gasteiger partial charge >= 0.3 is 6.18 Å². The molecule has 0 spiro atoms. The maximum Gasteiger partial charge on any atom is 0.419 e. The summed E-state index contributed by atoms with van der Waals surface area (Å²) in [7, 11) is 0. The van der Waals surface area contributed by atoms with Gasteiger partial charge in [0.1, 0.15) is 5.82 Å². The first kappa shape index (κ1) is 28.8. The first-order valence-electron chi connectivity index (χ1n) is 13.7. The number of hydrogen-bond acceptors (Lipinski definition) is 2. The predicted octanol–water partition coefficient (Wildman–Crippen LogP) is 9.72. The SMILES string of the molecule is [C-]#[N+]/N=c1/c2cc(-c3cc(F)c(F)c(C(F)(F)F)c3)ccc2c2cc3c(cc12)/c(=N/[N+]#[C-])c1cc(-c2cc(C)cc(F)c2)ccc13. The third kappa shape index (κ3) is 4.46. The summed E-state index contributed by atoms with van der Waals surface area (Å²) in [6, 6.07) is 19.8. The maximum atomic E-state index is 14.3. The van der Waals surface area contributed by atoms with Crippen molar-refractivity contribution < 1.29 is 26.3 Å². The lowest BCUT2D eigenvalue weighted by atomic mass is 9.99. The van der Waals surface area contributed by atoms with E-state index in [2.05, 4.69) is 20.1 Å². The van der Waals surface area contributed by atoms with Crippen LogP contribution >= 0.6 is 0 Å². The summed E-state index contributed by atoms with van der Waals surface area (Å²) in [6.45, 7) is 16.7. The molecule has 0 saturated heterocycles. The molecule has 0 atom stereocenters. The van der Waals surface area contributed by atoms with Crippen LogP contribution in [-0.4, -0.2) is 0 Å². The van der Waals surface area contributed by atoms with Gasteiger partial charge in [0.05, 0.1) is 15.8 Å². The molecule has 0 aromatic heterocycles. The minimum Gasteiger partial charge on any atom is -0.207 e. The van der Waals surface area contributed by atoms with Gasteiger partial charge in [-0.15, -0.1) is 9.91 Å². The van der Waals surface area contributed by atoms with E-state index in [1.807, 2.05) is 30.3 Å². The lowest BCUT2D eigenvalue weighted by molar-refractivity contribution is -0.140. The topological polar surface area (TPSA) is 33.4 Å². The normalized spacial score (nSPS) is 12.9. The zero-order valence-electron chi connectivity index (χ0n) is 23.6. The summed E-state index contributed by atoms with van der Waals surface area (Å²) in [5.74, 6) is -3.99. The van der Waals surface area contributed by atoms with Crippen LogP contribution in [0, 0.1) is 37.5 Å². The third-order valence-corrected chi connectivity index (χ3v) is 8.14. The number of hydrogen-bond donors (Lipinski definition) is 0. The zero-order valence-corrected chi connectivity index (χ0v) is 23.6. The van der Waals surface area contributed by atoms with Crippen LogP contribution in [0.4, 0.5) is 26.3 Å². The zero-order chi connectivity index (χ0) is 32.5. The number of fused-ring (bicyclic) bond motifs is 6. The Morgan fingerprint density at radius 1 is 0.543 bits per heavy atom. The fourth-order valence-electron chi connectivity index (χ4n) is 6.22. The average molecular weight is 619 g/mol. The highest BCUT2D eigenvalue weighted by Crippen LogP contribution is 2.38. The van der Waals surface area contributed by atoms with E-state index >= 15 is 0 Å². The van der Waals surface area contributed by atoms with Crippen molar-refractivity contribution in [2.75, 3.05) is 0 Å². The molecule has 10 heteroatoms. The number of nitrogens with zero attached hydrogens (tertiary/aromatic N) is 4. The van der Waals surface area contributed by atoms with E-state index in [0.717, 1.165) is 21.9 Å². The fraction of sp³-hybridized carbons (Fsp3) is 0.0556. The molecule has 0 saturated carbocycles. The second-order valence-corrected chi connectivity index (χ2v) is 10.9. The summed E-state index contributed by atoms with van der Waals surface area (Å²) in [5.41, 5.74) is 0.406. The molecule has 0 aliphatic rings. The van der Waals surface area contributed by atoms with E-state index in [1.54, 1.807) is 19.1 Å². The van der Waals surface area contributed by atoms with Crippen LogP contribution in [0.1, 0.15) is 11.1 Å². The molecule has 4 nitrogen and oxygen atoms in total. The number of benzene rings is 5. The molecule has 0 aliphatic heterocycles. The Balaban J connectivity index is 1.51. The van der Waals surface area contributed by atoms with E-state index in [-0.39, 0.29) is 22.3 Å². The van der Waals surface area contributed by atoms with Gasteiger partial charge in [0.15, 0.2) is 22.3 Å². The van der Waals surface area contributed by atoms with Crippen LogP contribution in [0.2, 0.25) is 0 Å². The van der Waals surface area contributed by atoms with Gasteiger partial charge in [-0.05, 0) is 105 Å². The van der Waals surface area contributed by atoms with E-state index in [4.69, 9.17) is 13.1 Å². The molecule has 7 rings (SSSR count). The fourth-order valence-corrected chi connectivity index (χ4v) is 6.22.